The Labute approximate surface area is 203 Å². The first-order valence-electron chi connectivity index (χ1n) is 12.2. The molecule has 2 fully saturated rings. The monoisotopic (exact) mass is 458 g/mol. The van der Waals surface area contributed by atoms with Crippen molar-refractivity contribution in [3.8, 4) is 5.69 Å². The van der Waals surface area contributed by atoms with Crippen LogP contribution in [-0.4, -0.2) is 25.6 Å². The van der Waals surface area contributed by atoms with Gasteiger partial charge in [0.1, 0.15) is 0 Å². The minimum atomic E-state index is 0.0487. The van der Waals surface area contributed by atoms with Crippen LogP contribution in [0.3, 0.4) is 0 Å². The zero-order valence-corrected chi connectivity index (χ0v) is 21.0. The average Bonchev–Trinajstić information content (AvgIpc) is 3.31. The summed E-state index contributed by atoms with van der Waals surface area (Å²) in [4.78, 5) is 7.26. The van der Waals surface area contributed by atoms with Crippen LogP contribution in [0.15, 0.2) is 48.7 Å². The Morgan fingerprint density at radius 2 is 1.67 bits per heavy atom. The number of pyridine rings is 1. The molecule has 3 heterocycles. The molecule has 1 aromatic carbocycles. The molecule has 3 aromatic rings. The van der Waals surface area contributed by atoms with Crippen LogP contribution < -0.4 is 5.32 Å². The van der Waals surface area contributed by atoms with Gasteiger partial charge in [0.15, 0.2) is 5.11 Å². The van der Waals surface area contributed by atoms with E-state index in [0.29, 0.717) is 6.04 Å². The van der Waals surface area contributed by atoms with Crippen LogP contribution >= 0.6 is 12.2 Å². The van der Waals surface area contributed by atoms with Gasteiger partial charge in [-0.25, -0.2) is 0 Å². The summed E-state index contributed by atoms with van der Waals surface area (Å²) in [6.45, 7) is 8.91. The largest absolute Gasteiger partial charge is 0.352 e. The molecule has 1 aliphatic heterocycles. The highest BCUT2D eigenvalue weighted by molar-refractivity contribution is 7.80. The molecule has 1 N–H and O–H groups in total. The number of nitrogens with zero attached hydrogens (tertiary/aromatic N) is 3. The number of aromatic nitrogens is 2. The molecule has 2 unspecified atom stereocenters. The number of rotatable bonds is 4. The predicted molar refractivity (Wildman–Crippen MR) is 139 cm³/mol. The SMILES string of the molecule is Cc1cccc(C)c1-n1c(C)cc(C2C(c3ccccn3)NC(=S)N2C2CCCCC2)c1C. The van der Waals surface area contributed by atoms with E-state index in [2.05, 4.69) is 78.9 Å². The summed E-state index contributed by atoms with van der Waals surface area (Å²) < 4.78 is 2.44. The highest BCUT2D eigenvalue weighted by atomic mass is 32.1. The summed E-state index contributed by atoms with van der Waals surface area (Å²) in [6, 6.07) is 15.8. The van der Waals surface area contributed by atoms with Gasteiger partial charge in [0.05, 0.1) is 23.5 Å². The lowest BCUT2D eigenvalue weighted by atomic mass is 9.90. The Balaban J connectivity index is 1.66. The lowest BCUT2D eigenvalue weighted by molar-refractivity contribution is 0.197. The summed E-state index contributed by atoms with van der Waals surface area (Å²) >= 11 is 5.97. The number of para-hydroxylation sites is 1. The Morgan fingerprint density at radius 3 is 2.33 bits per heavy atom. The van der Waals surface area contributed by atoms with Gasteiger partial charge in [0.2, 0.25) is 0 Å². The molecule has 4 nitrogen and oxygen atoms in total. The van der Waals surface area contributed by atoms with Gasteiger partial charge in [-0.1, -0.05) is 43.5 Å². The summed E-state index contributed by atoms with van der Waals surface area (Å²) in [5.41, 5.74) is 8.86. The van der Waals surface area contributed by atoms with E-state index in [0.717, 1.165) is 10.8 Å². The zero-order valence-electron chi connectivity index (χ0n) is 20.1. The number of nitrogens with one attached hydrogen (secondary N) is 1. The molecule has 0 bridgehead atoms. The fraction of sp³-hybridized carbons (Fsp3) is 0.429. The number of benzene rings is 1. The van der Waals surface area contributed by atoms with Crippen molar-refractivity contribution in [1.82, 2.24) is 19.8 Å². The quantitative estimate of drug-likeness (QED) is 0.458. The van der Waals surface area contributed by atoms with Crippen molar-refractivity contribution < 1.29 is 0 Å². The molecule has 1 aliphatic carbocycles. The minimum absolute atomic E-state index is 0.0487. The molecule has 172 valence electrons. The smallest absolute Gasteiger partial charge is 0.170 e. The summed E-state index contributed by atoms with van der Waals surface area (Å²) in [7, 11) is 0. The van der Waals surface area contributed by atoms with Crippen LogP contribution in [0.1, 0.15) is 78.0 Å². The van der Waals surface area contributed by atoms with Crippen LogP contribution in [0.4, 0.5) is 0 Å². The van der Waals surface area contributed by atoms with Gasteiger partial charge in [-0.15, -0.1) is 0 Å². The molecular weight excluding hydrogens is 424 g/mol. The van der Waals surface area contributed by atoms with E-state index in [1.165, 1.54) is 65.9 Å². The van der Waals surface area contributed by atoms with Crippen LogP contribution in [0.25, 0.3) is 5.69 Å². The molecule has 0 amide bonds. The first kappa shape index (κ1) is 22.1. The Bertz CT molecular complexity index is 1140. The van der Waals surface area contributed by atoms with Crippen molar-refractivity contribution in [3.05, 3.63) is 82.4 Å². The van der Waals surface area contributed by atoms with Gasteiger partial charge in [-0.05, 0) is 87.6 Å². The van der Waals surface area contributed by atoms with Gasteiger partial charge < -0.3 is 14.8 Å². The van der Waals surface area contributed by atoms with Gasteiger partial charge in [-0.2, -0.15) is 0 Å². The van der Waals surface area contributed by atoms with E-state index in [4.69, 9.17) is 17.2 Å². The van der Waals surface area contributed by atoms with E-state index >= 15 is 0 Å². The molecule has 1 saturated heterocycles. The van der Waals surface area contributed by atoms with Gasteiger partial charge in [-0.3, -0.25) is 4.98 Å². The molecule has 1 saturated carbocycles. The maximum absolute atomic E-state index is 5.97. The van der Waals surface area contributed by atoms with Crippen molar-refractivity contribution in [1.29, 1.82) is 0 Å². The van der Waals surface area contributed by atoms with Gasteiger partial charge in [0.25, 0.3) is 0 Å². The maximum atomic E-state index is 5.97. The van der Waals surface area contributed by atoms with Crippen LogP contribution in [0.5, 0.6) is 0 Å². The van der Waals surface area contributed by atoms with E-state index < -0.39 is 0 Å². The van der Waals surface area contributed by atoms with Crippen LogP contribution in [-0.2, 0) is 0 Å². The topological polar surface area (TPSA) is 33.1 Å². The minimum Gasteiger partial charge on any atom is -0.352 e. The summed E-state index contributed by atoms with van der Waals surface area (Å²) in [5, 5.41) is 4.54. The van der Waals surface area contributed by atoms with E-state index in [9.17, 15) is 0 Å². The summed E-state index contributed by atoms with van der Waals surface area (Å²) in [6.07, 6.45) is 8.21. The second-order valence-corrected chi connectivity index (χ2v) is 10.1. The Hall–Kier alpha value is -2.66. The van der Waals surface area contributed by atoms with Crippen LogP contribution in [0, 0.1) is 27.7 Å². The molecule has 2 atom stereocenters. The van der Waals surface area contributed by atoms with Crippen molar-refractivity contribution >= 4 is 17.3 Å². The highest BCUT2D eigenvalue weighted by Crippen LogP contribution is 2.44. The predicted octanol–water partition coefficient (Wildman–Crippen LogP) is 6.41. The third-order valence-corrected chi connectivity index (χ3v) is 7.88. The van der Waals surface area contributed by atoms with Crippen LogP contribution in [0.2, 0.25) is 0 Å². The lowest BCUT2D eigenvalue weighted by Gasteiger charge is -2.37. The van der Waals surface area contributed by atoms with Crippen molar-refractivity contribution in [2.75, 3.05) is 0 Å². The standard InChI is InChI=1S/C28H34N4S/c1-18-11-10-12-19(2)26(18)31-20(3)17-23(21(31)4)27-25(24-15-8-9-16-29-24)30-28(33)32(27)22-13-6-5-7-14-22/h8-12,15-17,22,25,27H,5-7,13-14H2,1-4H3,(H,30,33). The third kappa shape index (κ3) is 3.86. The Kier molecular flexibility index (Phi) is 6.00. The lowest BCUT2D eigenvalue weighted by Crippen LogP contribution is -2.40. The third-order valence-electron chi connectivity index (χ3n) is 7.56. The van der Waals surface area contributed by atoms with Crippen molar-refractivity contribution in [2.45, 2.75) is 77.9 Å². The highest BCUT2D eigenvalue weighted by Gasteiger charge is 2.44. The second-order valence-electron chi connectivity index (χ2n) is 9.73. The van der Waals surface area contributed by atoms with Crippen molar-refractivity contribution in [3.63, 3.8) is 0 Å². The second kappa shape index (κ2) is 8.94. The molecule has 5 rings (SSSR count). The van der Waals surface area contributed by atoms with Gasteiger partial charge >= 0.3 is 0 Å². The zero-order chi connectivity index (χ0) is 23.1. The number of hydrogen-bond donors (Lipinski definition) is 1. The Morgan fingerprint density at radius 1 is 0.939 bits per heavy atom. The molecular formula is C28H34N4S. The molecule has 0 spiro atoms. The van der Waals surface area contributed by atoms with Crippen molar-refractivity contribution in [2.24, 2.45) is 0 Å². The maximum Gasteiger partial charge on any atom is 0.170 e. The molecule has 0 radical (unpaired) electrons. The first-order valence-corrected chi connectivity index (χ1v) is 12.6. The van der Waals surface area contributed by atoms with Gasteiger partial charge in [0, 0.05) is 23.6 Å². The van der Waals surface area contributed by atoms with E-state index in [1.807, 2.05) is 12.3 Å². The molecule has 2 aliphatic rings. The molecule has 33 heavy (non-hydrogen) atoms. The number of thiocarbonyl (C=S) groups is 1. The van der Waals surface area contributed by atoms with E-state index in [-0.39, 0.29) is 12.1 Å². The number of hydrogen-bond acceptors (Lipinski definition) is 2. The molecule has 2 aromatic heterocycles. The first-order chi connectivity index (χ1) is 16.0. The number of aryl methyl sites for hydroxylation is 3. The fourth-order valence-electron chi connectivity index (χ4n) is 6.04. The normalized spacial score (nSPS) is 21.5. The fourth-order valence-corrected chi connectivity index (χ4v) is 6.43. The molecule has 5 heteroatoms. The summed E-state index contributed by atoms with van der Waals surface area (Å²) in [5.74, 6) is 0. The average molecular weight is 459 g/mol. The van der Waals surface area contributed by atoms with E-state index in [1.54, 1.807) is 0 Å².